The smallest absolute Gasteiger partial charge is 0.336 e. The maximum atomic E-state index is 12.4. The van der Waals surface area contributed by atoms with E-state index in [4.69, 9.17) is 14.9 Å². The zero-order chi connectivity index (χ0) is 19.2. The van der Waals surface area contributed by atoms with Gasteiger partial charge in [-0.1, -0.05) is 0 Å². The Morgan fingerprint density at radius 1 is 1.30 bits per heavy atom. The Kier molecular flexibility index (Phi) is 6.08. The molecule has 2 amide bonds. The Bertz CT molecular complexity index is 879. The van der Waals surface area contributed by atoms with Crippen LogP contribution < -0.4 is 21.4 Å². The lowest BCUT2D eigenvalue weighted by Gasteiger charge is -2.32. The van der Waals surface area contributed by atoms with Gasteiger partial charge in [0.25, 0.3) is 5.91 Å². The third kappa shape index (κ3) is 4.85. The Labute approximate surface area is 156 Å². The summed E-state index contributed by atoms with van der Waals surface area (Å²) in [5.41, 5.74) is 5.36. The molecule has 1 aromatic heterocycles. The van der Waals surface area contributed by atoms with Crippen LogP contribution in [0.2, 0.25) is 0 Å². The fourth-order valence-electron chi connectivity index (χ4n) is 3.12. The van der Waals surface area contributed by atoms with Gasteiger partial charge in [-0.15, -0.1) is 0 Å². The van der Waals surface area contributed by atoms with E-state index in [-0.39, 0.29) is 24.3 Å². The molecule has 1 unspecified atom stereocenters. The molecule has 1 aliphatic heterocycles. The van der Waals surface area contributed by atoms with Gasteiger partial charge in [0.15, 0.2) is 6.61 Å². The van der Waals surface area contributed by atoms with Crippen molar-refractivity contribution >= 4 is 22.8 Å². The number of likely N-dealkylation sites (tertiary alicyclic amines) is 1. The molecule has 8 heteroatoms. The molecule has 1 aliphatic rings. The number of fused-ring (bicyclic) bond motifs is 1. The highest BCUT2D eigenvalue weighted by molar-refractivity contribution is 5.82. The summed E-state index contributed by atoms with van der Waals surface area (Å²) >= 11 is 0. The van der Waals surface area contributed by atoms with Gasteiger partial charge in [-0.05, 0) is 31.0 Å². The first-order valence-corrected chi connectivity index (χ1v) is 8.99. The first-order valence-electron chi connectivity index (χ1n) is 8.99. The van der Waals surface area contributed by atoms with Crippen LogP contribution in [0.25, 0.3) is 11.0 Å². The van der Waals surface area contributed by atoms with Crippen LogP contribution in [-0.2, 0) is 9.59 Å². The molecule has 1 atom stereocenters. The van der Waals surface area contributed by atoms with Crippen molar-refractivity contribution in [2.24, 2.45) is 11.7 Å². The van der Waals surface area contributed by atoms with E-state index < -0.39 is 5.63 Å². The van der Waals surface area contributed by atoms with Crippen molar-refractivity contribution in [2.45, 2.75) is 12.8 Å². The lowest BCUT2D eigenvalue weighted by atomic mass is 9.97. The number of rotatable bonds is 6. The average molecular weight is 373 g/mol. The highest BCUT2D eigenvalue weighted by Crippen LogP contribution is 2.20. The first kappa shape index (κ1) is 18.9. The number of nitrogens with two attached hydrogens (primary N) is 1. The zero-order valence-corrected chi connectivity index (χ0v) is 15.0. The summed E-state index contributed by atoms with van der Waals surface area (Å²) in [4.78, 5) is 37.5. The largest absolute Gasteiger partial charge is 0.484 e. The molecule has 0 spiro atoms. The summed E-state index contributed by atoms with van der Waals surface area (Å²) < 4.78 is 10.7. The second kappa shape index (κ2) is 8.68. The Morgan fingerprint density at radius 3 is 2.93 bits per heavy atom. The summed E-state index contributed by atoms with van der Waals surface area (Å²) in [7, 11) is 0. The van der Waals surface area contributed by atoms with Crippen molar-refractivity contribution in [3.63, 3.8) is 0 Å². The molecule has 1 fully saturated rings. The molecule has 0 radical (unpaired) electrons. The first-order chi connectivity index (χ1) is 13.1. The molecule has 8 nitrogen and oxygen atoms in total. The minimum absolute atomic E-state index is 0.0663. The van der Waals surface area contributed by atoms with Crippen molar-refractivity contribution in [1.29, 1.82) is 0 Å². The summed E-state index contributed by atoms with van der Waals surface area (Å²) in [6, 6.07) is 8.08. The molecular formula is C19H23N3O5. The number of carbonyl (C=O) groups is 2. The lowest BCUT2D eigenvalue weighted by molar-refractivity contribution is -0.137. The van der Waals surface area contributed by atoms with Crippen molar-refractivity contribution in [2.75, 3.05) is 32.8 Å². The standard InChI is InChI=1S/C19H23N3O5/c20-7-8-21-19(25)14-2-1-9-22(11-14)17(23)12-26-15-5-3-13-4-6-18(24)27-16(13)10-15/h3-6,10,14H,1-2,7-9,11-12,20H2,(H,21,25). The van der Waals surface area contributed by atoms with Gasteiger partial charge in [0, 0.05) is 43.7 Å². The minimum atomic E-state index is -0.442. The molecule has 0 bridgehead atoms. The van der Waals surface area contributed by atoms with Gasteiger partial charge >= 0.3 is 5.63 Å². The molecule has 3 rings (SSSR count). The van der Waals surface area contributed by atoms with Crippen LogP contribution in [-0.4, -0.2) is 49.5 Å². The van der Waals surface area contributed by atoms with Gasteiger partial charge in [-0.25, -0.2) is 4.79 Å². The number of nitrogens with zero attached hydrogens (tertiary/aromatic N) is 1. The maximum Gasteiger partial charge on any atom is 0.336 e. The van der Waals surface area contributed by atoms with Gasteiger partial charge in [0.2, 0.25) is 5.91 Å². The summed E-state index contributed by atoms with van der Waals surface area (Å²) in [6.07, 6.45) is 1.53. The second-order valence-corrected chi connectivity index (χ2v) is 6.50. The number of hydrogen-bond acceptors (Lipinski definition) is 6. The molecule has 27 heavy (non-hydrogen) atoms. The molecule has 3 N–H and O–H groups in total. The number of nitrogens with one attached hydrogen (secondary N) is 1. The summed E-state index contributed by atoms with van der Waals surface area (Å²) in [6.45, 7) is 1.67. The molecule has 1 saturated heterocycles. The van der Waals surface area contributed by atoms with Crippen molar-refractivity contribution in [3.8, 4) is 5.75 Å². The highest BCUT2D eigenvalue weighted by Gasteiger charge is 2.28. The monoisotopic (exact) mass is 373 g/mol. The van der Waals surface area contributed by atoms with Gasteiger partial charge in [0.1, 0.15) is 11.3 Å². The number of piperidine rings is 1. The average Bonchev–Trinajstić information content (AvgIpc) is 2.69. The highest BCUT2D eigenvalue weighted by atomic mass is 16.5. The summed E-state index contributed by atoms with van der Waals surface area (Å²) in [5, 5.41) is 3.55. The topological polar surface area (TPSA) is 115 Å². The fourth-order valence-corrected chi connectivity index (χ4v) is 3.12. The van der Waals surface area contributed by atoms with Crippen LogP contribution in [0.15, 0.2) is 39.5 Å². The maximum absolute atomic E-state index is 12.4. The van der Waals surface area contributed by atoms with E-state index in [1.807, 2.05) is 0 Å². The minimum Gasteiger partial charge on any atom is -0.484 e. The van der Waals surface area contributed by atoms with E-state index >= 15 is 0 Å². The molecular weight excluding hydrogens is 350 g/mol. The third-order valence-electron chi connectivity index (χ3n) is 4.55. The van der Waals surface area contributed by atoms with Gasteiger partial charge in [0.05, 0.1) is 5.92 Å². The SMILES string of the molecule is NCCNC(=O)C1CCCN(C(=O)COc2ccc3ccc(=O)oc3c2)C1. The molecule has 0 aliphatic carbocycles. The Hall–Kier alpha value is -2.87. The number of carbonyl (C=O) groups excluding carboxylic acids is 2. The predicted octanol–water partition coefficient (Wildman–Crippen LogP) is 0.485. The molecule has 144 valence electrons. The van der Waals surface area contributed by atoms with Crippen LogP contribution in [0.4, 0.5) is 0 Å². The Balaban J connectivity index is 1.57. The van der Waals surface area contributed by atoms with E-state index in [0.29, 0.717) is 37.5 Å². The van der Waals surface area contributed by atoms with E-state index in [2.05, 4.69) is 5.32 Å². The van der Waals surface area contributed by atoms with Crippen LogP contribution in [0.1, 0.15) is 12.8 Å². The quantitative estimate of drug-likeness (QED) is 0.712. The van der Waals surface area contributed by atoms with E-state index in [1.165, 1.54) is 6.07 Å². The number of benzene rings is 1. The van der Waals surface area contributed by atoms with Gasteiger partial charge < -0.3 is 25.1 Å². The molecule has 2 heterocycles. The second-order valence-electron chi connectivity index (χ2n) is 6.50. The zero-order valence-electron chi connectivity index (χ0n) is 15.0. The van der Waals surface area contributed by atoms with Gasteiger partial charge in [-0.2, -0.15) is 0 Å². The van der Waals surface area contributed by atoms with E-state index in [0.717, 1.165) is 18.2 Å². The Morgan fingerprint density at radius 2 is 2.11 bits per heavy atom. The molecule has 0 saturated carbocycles. The normalized spacial score (nSPS) is 16.9. The molecule has 1 aromatic carbocycles. The summed E-state index contributed by atoms with van der Waals surface area (Å²) in [5.74, 6) is -0.0204. The van der Waals surface area contributed by atoms with Crippen LogP contribution in [0.3, 0.4) is 0 Å². The van der Waals surface area contributed by atoms with Gasteiger partial charge in [-0.3, -0.25) is 9.59 Å². The van der Waals surface area contributed by atoms with Crippen molar-refractivity contribution in [1.82, 2.24) is 10.2 Å². The number of hydrogen-bond donors (Lipinski definition) is 2. The van der Waals surface area contributed by atoms with Crippen LogP contribution in [0.5, 0.6) is 5.75 Å². The number of amides is 2. The fraction of sp³-hybridized carbons (Fsp3) is 0.421. The van der Waals surface area contributed by atoms with Crippen molar-refractivity contribution < 1.29 is 18.7 Å². The lowest BCUT2D eigenvalue weighted by Crippen LogP contribution is -2.47. The third-order valence-corrected chi connectivity index (χ3v) is 4.55. The van der Waals surface area contributed by atoms with Crippen molar-refractivity contribution in [3.05, 3.63) is 40.8 Å². The molecule has 2 aromatic rings. The van der Waals surface area contributed by atoms with E-state index in [1.54, 1.807) is 29.2 Å². The van der Waals surface area contributed by atoms with Crippen LogP contribution in [0, 0.1) is 5.92 Å². The van der Waals surface area contributed by atoms with E-state index in [9.17, 15) is 14.4 Å². The number of ether oxygens (including phenoxy) is 1. The van der Waals surface area contributed by atoms with Crippen LogP contribution >= 0.6 is 0 Å². The predicted molar refractivity (Wildman–Crippen MR) is 99.3 cm³/mol.